The maximum Gasteiger partial charge on any atom is 0.309 e. The Morgan fingerprint density at radius 3 is 3.00 bits per heavy atom. The summed E-state index contributed by atoms with van der Waals surface area (Å²) in [4.78, 5) is 22.9. The molecule has 0 heterocycles. The molecule has 0 aliphatic heterocycles. The summed E-state index contributed by atoms with van der Waals surface area (Å²) in [6.07, 6.45) is 6.69. The number of esters is 1. The highest BCUT2D eigenvalue weighted by molar-refractivity contribution is 5.92. The van der Waals surface area contributed by atoms with Gasteiger partial charge in [0.2, 0.25) is 0 Å². The van der Waals surface area contributed by atoms with Crippen molar-refractivity contribution in [3.8, 4) is 0 Å². The molecule has 74 valence electrons. The van der Waals surface area contributed by atoms with E-state index in [1.807, 2.05) is 18.2 Å². The molecule has 1 fully saturated rings. The summed E-state index contributed by atoms with van der Waals surface area (Å²) >= 11 is 0. The molecule has 0 aromatic rings. The Labute approximate surface area is 82.4 Å². The molecule has 2 unspecified atom stereocenters. The Morgan fingerprint density at radius 2 is 2.29 bits per heavy atom. The second-order valence-electron chi connectivity index (χ2n) is 3.70. The lowest BCUT2D eigenvalue weighted by Crippen LogP contribution is -2.30. The van der Waals surface area contributed by atoms with Crippen LogP contribution in [0.15, 0.2) is 23.8 Å². The second kappa shape index (κ2) is 3.40. The maximum absolute atomic E-state index is 11.6. The smallest absolute Gasteiger partial charge is 0.309 e. The number of carbonyl (C=O) groups is 2. The molecule has 1 saturated carbocycles. The van der Waals surface area contributed by atoms with E-state index in [1.54, 1.807) is 0 Å². The lowest BCUT2D eigenvalue weighted by Gasteiger charge is -2.24. The largest absolute Gasteiger partial charge is 0.469 e. The van der Waals surface area contributed by atoms with Crippen molar-refractivity contribution in [2.45, 2.75) is 12.8 Å². The minimum Gasteiger partial charge on any atom is -0.469 e. The number of rotatable bonds is 1. The van der Waals surface area contributed by atoms with Crippen molar-refractivity contribution >= 4 is 11.8 Å². The molecular weight excluding hydrogens is 180 g/mol. The van der Waals surface area contributed by atoms with Crippen LogP contribution in [0.25, 0.3) is 0 Å². The second-order valence-corrected chi connectivity index (χ2v) is 3.70. The van der Waals surface area contributed by atoms with Crippen molar-refractivity contribution in [2.24, 2.45) is 11.8 Å². The summed E-state index contributed by atoms with van der Waals surface area (Å²) in [5, 5.41) is 0. The van der Waals surface area contributed by atoms with Gasteiger partial charge in [0.25, 0.3) is 0 Å². The predicted molar refractivity (Wildman–Crippen MR) is 50.5 cm³/mol. The molecule has 0 radical (unpaired) electrons. The Balaban J connectivity index is 2.14. The van der Waals surface area contributed by atoms with Crippen LogP contribution in [0.4, 0.5) is 0 Å². The third kappa shape index (κ3) is 1.39. The van der Waals surface area contributed by atoms with Gasteiger partial charge in [0.05, 0.1) is 18.9 Å². The highest BCUT2D eigenvalue weighted by Gasteiger charge is 2.35. The van der Waals surface area contributed by atoms with Crippen molar-refractivity contribution in [1.82, 2.24) is 0 Å². The van der Waals surface area contributed by atoms with Gasteiger partial charge in [-0.05, 0) is 6.42 Å². The molecule has 3 nitrogen and oxygen atoms in total. The van der Waals surface area contributed by atoms with Crippen LogP contribution in [-0.4, -0.2) is 18.9 Å². The van der Waals surface area contributed by atoms with Gasteiger partial charge in [-0.1, -0.05) is 23.8 Å². The van der Waals surface area contributed by atoms with E-state index in [4.69, 9.17) is 0 Å². The first kappa shape index (κ1) is 9.19. The van der Waals surface area contributed by atoms with E-state index in [0.29, 0.717) is 12.8 Å². The van der Waals surface area contributed by atoms with Gasteiger partial charge in [0, 0.05) is 6.42 Å². The van der Waals surface area contributed by atoms with E-state index in [2.05, 4.69) is 4.74 Å². The van der Waals surface area contributed by atoms with Gasteiger partial charge in [-0.2, -0.15) is 0 Å². The van der Waals surface area contributed by atoms with Crippen LogP contribution in [0.3, 0.4) is 0 Å². The molecule has 2 aliphatic rings. The number of allylic oxidation sites excluding steroid dienone is 4. The SMILES string of the molecule is COC(=O)C1CC(=O)C2C=CC=C2C1. The van der Waals surface area contributed by atoms with E-state index in [0.717, 1.165) is 5.57 Å². The molecule has 0 saturated heterocycles. The first-order valence-electron chi connectivity index (χ1n) is 4.70. The van der Waals surface area contributed by atoms with E-state index in [9.17, 15) is 9.59 Å². The zero-order valence-corrected chi connectivity index (χ0v) is 8.03. The quantitative estimate of drug-likeness (QED) is 0.587. The third-order valence-corrected chi connectivity index (χ3v) is 2.82. The number of carbonyl (C=O) groups excluding carboxylic acids is 2. The van der Waals surface area contributed by atoms with Crippen LogP contribution in [0.2, 0.25) is 0 Å². The van der Waals surface area contributed by atoms with Gasteiger partial charge in [0.15, 0.2) is 0 Å². The van der Waals surface area contributed by atoms with Crippen molar-refractivity contribution in [1.29, 1.82) is 0 Å². The summed E-state index contributed by atoms with van der Waals surface area (Å²) < 4.78 is 4.65. The van der Waals surface area contributed by atoms with E-state index in [1.165, 1.54) is 7.11 Å². The third-order valence-electron chi connectivity index (χ3n) is 2.82. The molecule has 0 aromatic carbocycles. The van der Waals surface area contributed by atoms with Crippen molar-refractivity contribution < 1.29 is 14.3 Å². The van der Waals surface area contributed by atoms with E-state index < -0.39 is 0 Å². The monoisotopic (exact) mass is 192 g/mol. The Morgan fingerprint density at radius 1 is 1.50 bits per heavy atom. The zero-order valence-electron chi connectivity index (χ0n) is 8.03. The first-order chi connectivity index (χ1) is 6.72. The standard InChI is InChI=1S/C11H12O3/c1-14-11(13)8-5-7-3-2-4-9(7)10(12)6-8/h2-4,8-9H,5-6H2,1H3. The minimum absolute atomic E-state index is 0.0593. The fraction of sp³-hybridized carbons (Fsp3) is 0.455. The van der Waals surface area contributed by atoms with Gasteiger partial charge in [-0.25, -0.2) is 0 Å². The lowest BCUT2D eigenvalue weighted by molar-refractivity contribution is -0.148. The average molecular weight is 192 g/mol. The van der Waals surface area contributed by atoms with Gasteiger partial charge >= 0.3 is 5.97 Å². The molecule has 3 heteroatoms. The topological polar surface area (TPSA) is 43.4 Å². The Bertz CT molecular complexity index is 338. The molecule has 2 aliphatic carbocycles. The van der Waals surface area contributed by atoms with Crippen LogP contribution in [0.5, 0.6) is 0 Å². The highest BCUT2D eigenvalue weighted by Crippen LogP contribution is 2.35. The number of Topliss-reactive ketones (excluding diaryl/α,β-unsaturated/α-hetero) is 1. The Kier molecular flexibility index (Phi) is 2.23. The predicted octanol–water partition coefficient (Wildman–Crippen LogP) is 1.25. The van der Waals surface area contributed by atoms with Crippen LogP contribution >= 0.6 is 0 Å². The van der Waals surface area contributed by atoms with Crippen molar-refractivity contribution in [3.63, 3.8) is 0 Å². The van der Waals surface area contributed by atoms with Crippen LogP contribution < -0.4 is 0 Å². The van der Waals surface area contributed by atoms with Crippen molar-refractivity contribution in [2.75, 3.05) is 7.11 Å². The molecule has 0 spiro atoms. The number of hydrogen-bond acceptors (Lipinski definition) is 3. The summed E-state index contributed by atoms with van der Waals surface area (Å²) in [5.74, 6) is -0.470. The molecule has 0 bridgehead atoms. The zero-order chi connectivity index (χ0) is 10.1. The molecule has 0 amide bonds. The summed E-state index contributed by atoms with van der Waals surface area (Å²) in [5.41, 5.74) is 1.05. The van der Waals surface area contributed by atoms with Crippen molar-refractivity contribution in [3.05, 3.63) is 23.8 Å². The first-order valence-corrected chi connectivity index (χ1v) is 4.70. The molecule has 0 aromatic heterocycles. The van der Waals surface area contributed by atoms with Crippen LogP contribution in [0.1, 0.15) is 12.8 Å². The highest BCUT2D eigenvalue weighted by atomic mass is 16.5. The molecule has 0 N–H and O–H groups in total. The van der Waals surface area contributed by atoms with Crippen LogP contribution in [-0.2, 0) is 14.3 Å². The summed E-state index contributed by atoms with van der Waals surface area (Å²) in [6.45, 7) is 0. The number of ether oxygens (including phenoxy) is 1. The minimum atomic E-state index is -0.274. The molecule has 14 heavy (non-hydrogen) atoms. The number of hydrogen-bond donors (Lipinski definition) is 0. The molecule has 2 atom stereocenters. The van der Waals surface area contributed by atoms with E-state index in [-0.39, 0.29) is 23.6 Å². The average Bonchev–Trinajstić information content (AvgIpc) is 2.64. The van der Waals surface area contributed by atoms with Gasteiger partial charge in [-0.3, -0.25) is 9.59 Å². The number of ketones is 1. The van der Waals surface area contributed by atoms with E-state index >= 15 is 0 Å². The van der Waals surface area contributed by atoms with Gasteiger partial charge in [0.1, 0.15) is 5.78 Å². The Hall–Kier alpha value is -1.38. The molecular formula is C11H12O3. The number of fused-ring (bicyclic) bond motifs is 1. The summed E-state index contributed by atoms with van der Waals surface area (Å²) in [7, 11) is 1.36. The fourth-order valence-electron chi connectivity index (χ4n) is 2.09. The maximum atomic E-state index is 11.6. The normalized spacial score (nSPS) is 29.8. The summed E-state index contributed by atoms with van der Waals surface area (Å²) in [6, 6.07) is 0. The number of methoxy groups -OCH3 is 1. The van der Waals surface area contributed by atoms with Crippen LogP contribution in [0, 0.1) is 11.8 Å². The van der Waals surface area contributed by atoms with Gasteiger partial charge < -0.3 is 4.74 Å². The fourth-order valence-corrected chi connectivity index (χ4v) is 2.09. The van der Waals surface area contributed by atoms with Gasteiger partial charge in [-0.15, -0.1) is 0 Å². The molecule has 2 rings (SSSR count). The lowest BCUT2D eigenvalue weighted by atomic mass is 9.79.